The molecule has 0 aromatic heterocycles. The van der Waals surface area contributed by atoms with Crippen molar-refractivity contribution < 1.29 is 4.74 Å². The topological polar surface area (TPSA) is 24.5 Å². The van der Waals surface area contributed by atoms with Crippen molar-refractivity contribution in [1.29, 1.82) is 0 Å². The van der Waals surface area contributed by atoms with E-state index in [4.69, 9.17) is 4.74 Å². The van der Waals surface area contributed by atoms with Crippen LogP contribution in [0.15, 0.2) is 0 Å². The van der Waals surface area contributed by atoms with Crippen LogP contribution in [0.5, 0.6) is 0 Å². The molecule has 0 saturated carbocycles. The molecule has 0 bridgehead atoms. The minimum absolute atomic E-state index is 0.273. The van der Waals surface area contributed by atoms with E-state index >= 15 is 0 Å². The van der Waals surface area contributed by atoms with Gasteiger partial charge >= 0.3 is 0 Å². The molecule has 1 N–H and O–H groups in total. The molecule has 2 atom stereocenters. The minimum atomic E-state index is 0.273. The third-order valence-corrected chi connectivity index (χ3v) is 4.42. The quantitative estimate of drug-likeness (QED) is 0.722. The first-order chi connectivity index (χ1) is 8.69. The van der Waals surface area contributed by atoms with Crippen molar-refractivity contribution >= 4 is 0 Å². The summed E-state index contributed by atoms with van der Waals surface area (Å²) >= 11 is 0. The second-order valence-electron chi connectivity index (χ2n) is 5.61. The SMILES string of the molecule is CCCNC(CCC)C(C)(CC)N1CCOCC1. The van der Waals surface area contributed by atoms with Crippen LogP contribution < -0.4 is 5.32 Å². The number of hydrogen-bond donors (Lipinski definition) is 1. The number of morpholine rings is 1. The summed E-state index contributed by atoms with van der Waals surface area (Å²) in [7, 11) is 0. The first-order valence-electron chi connectivity index (χ1n) is 7.75. The highest BCUT2D eigenvalue weighted by Gasteiger charge is 2.37. The van der Waals surface area contributed by atoms with Gasteiger partial charge in [0, 0.05) is 24.7 Å². The summed E-state index contributed by atoms with van der Waals surface area (Å²) in [6.07, 6.45) is 4.93. The lowest BCUT2D eigenvalue weighted by Gasteiger charge is -2.48. The van der Waals surface area contributed by atoms with Crippen molar-refractivity contribution in [3.8, 4) is 0 Å². The molecule has 0 aromatic carbocycles. The van der Waals surface area contributed by atoms with Crippen LogP contribution in [0.25, 0.3) is 0 Å². The summed E-state index contributed by atoms with van der Waals surface area (Å²) < 4.78 is 5.50. The molecule has 3 nitrogen and oxygen atoms in total. The van der Waals surface area contributed by atoms with Gasteiger partial charge in [0.1, 0.15) is 0 Å². The average Bonchev–Trinajstić information content (AvgIpc) is 2.43. The third-order valence-electron chi connectivity index (χ3n) is 4.42. The van der Waals surface area contributed by atoms with Crippen molar-refractivity contribution in [2.24, 2.45) is 0 Å². The summed E-state index contributed by atoms with van der Waals surface area (Å²) in [5, 5.41) is 3.78. The first-order valence-corrected chi connectivity index (χ1v) is 7.75. The lowest BCUT2D eigenvalue weighted by molar-refractivity contribution is -0.0334. The van der Waals surface area contributed by atoms with Gasteiger partial charge in [0.25, 0.3) is 0 Å². The lowest BCUT2D eigenvalue weighted by Crippen LogP contribution is -2.61. The Bertz CT molecular complexity index is 217. The normalized spacial score (nSPS) is 22.7. The zero-order valence-corrected chi connectivity index (χ0v) is 12.8. The van der Waals surface area contributed by atoms with Gasteiger partial charge in [0.15, 0.2) is 0 Å². The van der Waals surface area contributed by atoms with Gasteiger partial charge in [-0.3, -0.25) is 4.90 Å². The maximum atomic E-state index is 5.50. The molecule has 0 amide bonds. The van der Waals surface area contributed by atoms with Crippen LogP contribution in [0.4, 0.5) is 0 Å². The lowest BCUT2D eigenvalue weighted by atomic mass is 9.84. The van der Waals surface area contributed by atoms with Crippen molar-refractivity contribution in [2.75, 3.05) is 32.8 Å². The fraction of sp³-hybridized carbons (Fsp3) is 1.00. The van der Waals surface area contributed by atoms with Gasteiger partial charge in [-0.05, 0) is 32.7 Å². The molecule has 18 heavy (non-hydrogen) atoms. The van der Waals surface area contributed by atoms with Gasteiger partial charge in [0.2, 0.25) is 0 Å². The predicted molar refractivity (Wildman–Crippen MR) is 78.1 cm³/mol. The first kappa shape index (κ1) is 15.9. The highest BCUT2D eigenvalue weighted by molar-refractivity contribution is 4.96. The Labute approximate surface area is 113 Å². The fourth-order valence-electron chi connectivity index (χ4n) is 3.00. The molecular weight excluding hydrogens is 224 g/mol. The molecule has 1 rings (SSSR count). The summed E-state index contributed by atoms with van der Waals surface area (Å²) in [5.74, 6) is 0. The van der Waals surface area contributed by atoms with E-state index in [1.165, 1.54) is 25.7 Å². The van der Waals surface area contributed by atoms with Crippen molar-refractivity contribution in [1.82, 2.24) is 10.2 Å². The van der Waals surface area contributed by atoms with Gasteiger partial charge in [-0.2, -0.15) is 0 Å². The second kappa shape index (κ2) is 8.13. The Morgan fingerprint density at radius 2 is 1.83 bits per heavy atom. The van der Waals surface area contributed by atoms with E-state index < -0.39 is 0 Å². The molecule has 108 valence electrons. The molecule has 3 heteroatoms. The average molecular weight is 256 g/mol. The standard InChI is InChI=1S/C15H32N2O/c1-5-8-14(16-9-6-2)15(4,7-3)17-10-12-18-13-11-17/h14,16H,5-13H2,1-4H3. The Morgan fingerprint density at radius 1 is 1.17 bits per heavy atom. The molecule has 1 heterocycles. The monoisotopic (exact) mass is 256 g/mol. The molecular formula is C15H32N2O. The van der Waals surface area contributed by atoms with Crippen LogP contribution >= 0.6 is 0 Å². The Balaban J connectivity index is 2.71. The molecule has 1 fully saturated rings. The van der Waals surface area contributed by atoms with Crippen molar-refractivity contribution in [3.05, 3.63) is 0 Å². The number of ether oxygens (including phenoxy) is 1. The minimum Gasteiger partial charge on any atom is -0.379 e. The van der Waals surface area contributed by atoms with Gasteiger partial charge in [0.05, 0.1) is 13.2 Å². The van der Waals surface area contributed by atoms with Crippen LogP contribution in [-0.2, 0) is 4.74 Å². The van der Waals surface area contributed by atoms with E-state index in [9.17, 15) is 0 Å². The molecule has 0 radical (unpaired) electrons. The third kappa shape index (κ3) is 3.94. The summed E-state index contributed by atoms with van der Waals surface area (Å²) in [4.78, 5) is 2.64. The predicted octanol–water partition coefficient (Wildman–Crippen LogP) is 2.66. The van der Waals surface area contributed by atoms with Crippen LogP contribution in [0.1, 0.15) is 53.4 Å². The van der Waals surface area contributed by atoms with Crippen molar-refractivity contribution in [2.45, 2.75) is 65.0 Å². The van der Waals surface area contributed by atoms with Crippen molar-refractivity contribution in [3.63, 3.8) is 0 Å². The number of nitrogens with one attached hydrogen (secondary N) is 1. The van der Waals surface area contributed by atoms with Crippen LogP contribution in [-0.4, -0.2) is 49.3 Å². The molecule has 1 aliphatic heterocycles. The number of nitrogens with zero attached hydrogens (tertiary/aromatic N) is 1. The highest BCUT2D eigenvalue weighted by Crippen LogP contribution is 2.27. The summed E-state index contributed by atoms with van der Waals surface area (Å²) in [6, 6.07) is 0.602. The summed E-state index contributed by atoms with van der Waals surface area (Å²) in [6.45, 7) is 14.4. The highest BCUT2D eigenvalue weighted by atomic mass is 16.5. The van der Waals surface area contributed by atoms with E-state index in [0.29, 0.717) is 6.04 Å². The fourth-order valence-corrected chi connectivity index (χ4v) is 3.00. The van der Waals surface area contributed by atoms with E-state index in [2.05, 4.69) is 37.9 Å². The zero-order chi connectivity index (χ0) is 13.4. The van der Waals surface area contributed by atoms with Gasteiger partial charge in [-0.15, -0.1) is 0 Å². The van der Waals surface area contributed by atoms with E-state index in [1.54, 1.807) is 0 Å². The largest absolute Gasteiger partial charge is 0.379 e. The Morgan fingerprint density at radius 3 is 2.33 bits per heavy atom. The smallest absolute Gasteiger partial charge is 0.0594 e. The molecule has 1 aliphatic rings. The van der Waals surface area contributed by atoms with E-state index in [0.717, 1.165) is 32.8 Å². The van der Waals surface area contributed by atoms with E-state index in [-0.39, 0.29) is 5.54 Å². The molecule has 0 aliphatic carbocycles. The maximum absolute atomic E-state index is 5.50. The van der Waals surface area contributed by atoms with Crippen LogP contribution in [0.2, 0.25) is 0 Å². The zero-order valence-electron chi connectivity index (χ0n) is 12.8. The van der Waals surface area contributed by atoms with Gasteiger partial charge in [-0.1, -0.05) is 27.2 Å². The molecule has 0 spiro atoms. The van der Waals surface area contributed by atoms with Crippen LogP contribution in [0, 0.1) is 0 Å². The molecule has 2 unspecified atom stereocenters. The van der Waals surface area contributed by atoms with E-state index in [1.807, 2.05) is 0 Å². The molecule has 0 aromatic rings. The Hall–Kier alpha value is -0.120. The maximum Gasteiger partial charge on any atom is 0.0594 e. The number of hydrogen-bond acceptors (Lipinski definition) is 3. The van der Waals surface area contributed by atoms with Gasteiger partial charge in [-0.25, -0.2) is 0 Å². The second-order valence-corrected chi connectivity index (χ2v) is 5.61. The number of rotatable bonds is 8. The van der Waals surface area contributed by atoms with Crippen LogP contribution in [0.3, 0.4) is 0 Å². The Kier molecular flexibility index (Phi) is 7.20. The molecule has 1 saturated heterocycles. The van der Waals surface area contributed by atoms with Gasteiger partial charge < -0.3 is 10.1 Å². The summed E-state index contributed by atoms with van der Waals surface area (Å²) in [5.41, 5.74) is 0.273.